The lowest BCUT2D eigenvalue weighted by Crippen LogP contribution is -2.00. The molecule has 0 atom stereocenters. The molecule has 0 rings (SSSR count). The first-order valence-corrected chi connectivity index (χ1v) is 5.04. The Morgan fingerprint density at radius 1 is 1.50 bits per heavy atom. The summed E-state index contributed by atoms with van der Waals surface area (Å²) in [6.07, 6.45) is 5.55. The Bertz CT molecular complexity index is 214. The fourth-order valence-corrected chi connectivity index (χ4v) is 0.940. The van der Waals surface area contributed by atoms with Gasteiger partial charge in [-0.15, -0.1) is 0 Å². The van der Waals surface area contributed by atoms with Crippen molar-refractivity contribution >= 4 is 5.97 Å². The molecule has 0 unspecified atom stereocenters. The molecular weight excluding hydrogens is 176 g/mol. The summed E-state index contributed by atoms with van der Waals surface area (Å²) in [6.45, 7) is 9.80. The van der Waals surface area contributed by atoms with E-state index in [1.165, 1.54) is 6.26 Å². The summed E-state index contributed by atoms with van der Waals surface area (Å²) in [7, 11) is 0. The van der Waals surface area contributed by atoms with E-state index in [0.717, 1.165) is 18.4 Å². The van der Waals surface area contributed by atoms with E-state index >= 15 is 0 Å². The van der Waals surface area contributed by atoms with Crippen molar-refractivity contribution in [3.63, 3.8) is 0 Å². The summed E-state index contributed by atoms with van der Waals surface area (Å²) in [6, 6.07) is 0. The Balaban J connectivity index is 3.51. The number of hydrogen-bond acceptors (Lipinski definition) is 2. The van der Waals surface area contributed by atoms with Gasteiger partial charge in [0.1, 0.15) is 0 Å². The van der Waals surface area contributed by atoms with Crippen LogP contribution in [-0.2, 0) is 9.53 Å². The Kier molecular flexibility index (Phi) is 6.81. The predicted molar refractivity (Wildman–Crippen MR) is 58.7 cm³/mol. The van der Waals surface area contributed by atoms with Gasteiger partial charge in [0.15, 0.2) is 0 Å². The molecule has 2 heteroatoms. The molecule has 0 radical (unpaired) electrons. The van der Waals surface area contributed by atoms with Crippen LogP contribution in [0.25, 0.3) is 0 Å². The zero-order valence-corrected chi connectivity index (χ0v) is 9.38. The van der Waals surface area contributed by atoms with Crippen LogP contribution in [0.5, 0.6) is 0 Å². The van der Waals surface area contributed by atoms with Crippen LogP contribution in [0.1, 0.15) is 40.0 Å². The fraction of sp³-hybridized carbons (Fsp3) is 0.583. The van der Waals surface area contributed by atoms with Gasteiger partial charge in [-0.05, 0) is 25.3 Å². The molecule has 0 fully saturated rings. The quantitative estimate of drug-likeness (QED) is 0.369. The summed E-state index contributed by atoms with van der Waals surface area (Å²) < 4.78 is 4.85. The molecule has 0 aliphatic carbocycles. The van der Waals surface area contributed by atoms with E-state index in [4.69, 9.17) is 4.74 Å². The highest BCUT2D eigenvalue weighted by molar-refractivity contribution is 5.69. The summed E-state index contributed by atoms with van der Waals surface area (Å²) in [5.41, 5.74) is 0.875. The maximum atomic E-state index is 11.1. The van der Waals surface area contributed by atoms with Crippen molar-refractivity contribution in [3.05, 3.63) is 24.5 Å². The number of esters is 1. The molecular formula is C12H20O2. The van der Waals surface area contributed by atoms with Gasteiger partial charge in [-0.25, -0.2) is 0 Å². The number of carbonyl (C=O) groups excluding carboxylic acids is 1. The molecule has 14 heavy (non-hydrogen) atoms. The highest BCUT2D eigenvalue weighted by atomic mass is 16.5. The summed E-state index contributed by atoms with van der Waals surface area (Å²) in [5, 5.41) is 0. The number of ether oxygens (including phenoxy) is 1. The lowest BCUT2D eigenvalue weighted by Gasteiger charge is -2.02. The topological polar surface area (TPSA) is 26.3 Å². The maximum Gasteiger partial charge on any atom is 0.310 e. The van der Waals surface area contributed by atoms with Crippen LogP contribution in [0, 0.1) is 5.92 Å². The molecule has 0 aromatic heterocycles. The van der Waals surface area contributed by atoms with Gasteiger partial charge < -0.3 is 4.74 Å². The van der Waals surface area contributed by atoms with Crippen molar-refractivity contribution in [1.82, 2.24) is 0 Å². The molecule has 0 heterocycles. The lowest BCUT2D eigenvalue weighted by atomic mass is 10.1. The van der Waals surface area contributed by atoms with E-state index < -0.39 is 0 Å². The number of allylic oxidation sites excluding steroid dienone is 2. The van der Waals surface area contributed by atoms with Crippen LogP contribution in [0.15, 0.2) is 24.5 Å². The minimum absolute atomic E-state index is 0.164. The van der Waals surface area contributed by atoms with E-state index in [9.17, 15) is 4.79 Å². The molecule has 0 amide bonds. The highest BCUT2D eigenvalue weighted by Gasteiger charge is 2.01. The number of hydrogen-bond donors (Lipinski definition) is 0. The minimum atomic E-state index is -0.164. The van der Waals surface area contributed by atoms with Gasteiger partial charge >= 0.3 is 5.97 Å². The molecule has 0 aromatic carbocycles. The van der Waals surface area contributed by atoms with E-state index in [0.29, 0.717) is 12.3 Å². The molecule has 0 saturated carbocycles. The zero-order valence-electron chi connectivity index (χ0n) is 9.38. The summed E-state index contributed by atoms with van der Waals surface area (Å²) in [5.74, 6) is 0.483. The van der Waals surface area contributed by atoms with Crippen LogP contribution >= 0.6 is 0 Å². The number of carbonyl (C=O) groups is 1. The maximum absolute atomic E-state index is 11.1. The molecule has 0 saturated heterocycles. The monoisotopic (exact) mass is 196 g/mol. The molecule has 0 aliphatic heterocycles. The van der Waals surface area contributed by atoms with Crippen LogP contribution in [0.3, 0.4) is 0 Å². The van der Waals surface area contributed by atoms with Crippen molar-refractivity contribution < 1.29 is 9.53 Å². The molecule has 0 aliphatic rings. The van der Waals surface area contributed by atoms with Gasteiger partial charge in [-0.2, -0.15) is 0 Å². The van der Waals surface area contributed by atoms with Crippen molar-refractivity contribution in [2.24, 2.45) is 5.92 Å². The minimum Gasteiger partial charge on any atom is -0.434 e. The van der Waals surface area contributed by atoms with Crippen molar-refractivity contribution in [1.29, 1.82) is 0 Å². The van der Waals surface area contributed by atoms with E-state index in [2.05, 4.69) is 20.4 Å². The van der Waals surface area contributed by atoms with E-state index in [1.807, 2.05) is 6.92 Å². The number of rotatable bonds is 6. The average Bonchev–Trinajstić information content (AvgIpc) is 2.02. The summed E-state index contributed by atoms with van der Waals surface area (Å²) in [4.78, 5) is 11.1. The largest absolute Gasteiger partial charge is 0.434 e. The Labute approximate surface area is 86.6 Å². The highest BCUT2D eigenvalue weighted by Crippen LogP contribution is 2.06. The Morgan fingerprint density at radius 3 is 2.64 bits per heavy atom. The standard InChI is InChI=1S/C12H20O2/c1-10(2)6-5-7-12(13)14-9-8-11(3)4/h8-10H,3,5-7H2,1-2,4H3. The molecule has 80 valence electrons. The first-order valence-electron chi connectivity index (χ1n) is 5.04. The molecule has 2 nitrogen and oxygen atoms in total. The normalized spacial score (nSPS) is 10.9. The van der Waals surface area contributed by atoms with E-state index in [-0.39, 0.29) is 5.97 Å². The van der Waals surface area contributed by atoms with Crippen LogP contribution < -0.4 is 0 Å². The van der Waals surface area contributed by atoms with Gasteiger partial charge in [-0.3, -0.25) is 4.79 Å². The lowest BCUT2D eigenvalue weighted by molar-refractivity contribution is -0.138. The van der Waals surface area contributed by atoms with Crippen LogP contribution in [0.4, 0.5) is 0 Å². The third kappa shape index (κ3) is 9.04. The predicted octanol–water partition coefficient (Wildman–Crippen LogP) is 3.45. The van der Waals surface area contributed by atoms with Gasteiger partial charge in [-0.1, -0.05) is 32.4 Å². The molecule has 0 aromatic rings. The van der Waals surface area contributed by atoms with Crippen LogP contribution in [0.2, 0.25) is 0 Å². The third-order valence-corrected chi connectivity index (χ3v) is 1.71. The smallest absolute Gasteiger partial charge is 0.310 e. The van der Waals surface area contributed by atoms with Gasteiger partial charge in [0.05, 0.1) is 6.26 Å². The fourth-order valence-electron chi connectivity index (χ4n) is 0.940. The average molecular weight is 196 g/mol. The van der Waals surface area contributed by atoms with Crippen molar-refractivity contribution in [2.75, 3.05) is 0 Å². The molecule has 0 bridgehead atoms. The molecule has 0 spiro atoms. The zero-order chi connectivity index (χ0) is 11.0. The second kappa shape index (κ2) is 7.36. The molecule has 0 N–H and O–H groups in total. The van der Waals surface area contributed by atoms with E-state index in [1.54, 1.807) is 6.08 Å². The first-order chi connectivity index (χ1) is 6.52. The summed E-state index contributed by atoms with van der Waals surface area (Å²) >= 11 is 0. The first kappa shape index (κ1) is 12.9. The van der Waals surface area contributed by atoms with Gasteiger partial charge in [0.2, 0.25) is 0 Å². The third-order valence-electron chi connectivity index (χ3n) is 1.71. The SMILES string of the molecule is C=C(C)C=COC(=O)CCCC(C)C. The second-order valence-corrected chi connectivity index (χ2v) is 3.93. The van der Waals surface area contributed by atoms with Crippen molar-refractivity contribution in [2.45, 2.75) is 40.0 Å². The van der Waals surface area contributed by atoms with Crippen LogP contribution in [-0.4, -0.2) is 5.97 Å². The van der Waals surface area contributed by atoms with Gasteiger partial charge in [0, 0.05) is 6.42 Å². The second-order valence-electron chi connectivity index (χ2n) is 3.93. The van der Waals surface area contributed by atoms with Gasteiger partial charge in [0.25, 0.3) is 0 Å². The Morgan fingerprint density at radius 2 is 2.14 bits per heavy atom. The van der Waals surface area contributed by atoms with Crippen molar-refractivity contribution in [3.8, 4) is 0 Å². The Hall–Kier alpha value is -1.05.